The van der Waals surface area contributed by atoms with Gasteiger partial charge >= 0.3 is 0 Å². The van der Waals surface area contributed by atoms with Crippen LogP contribution in [0.15, 0.2) is 30.3 Å². The molecule has 1 aliphatic rings. The van der Waals surface area contributed by atoms with E-state index in [4.69, 9.17) is 17.3 Å². The van der Waals surface area contributed by atoms with Crippen molar-refractivity contribution in [2.24, 2.45) is 12.8 Å². The normalized spacial score (nSPS) is 21.4. The number of nitrogens with two attached hydrogens (primary N) is 1. The topological polar surface area (TPSA) is 169 Å². The maximum Gasteiger partial charge on any atom is 0.243 e. The molecule has 3 heterocycles. The zero-order valence-electron chi connectivity index (χ0n) is 20.6. The zero-order valence-corrected chi connectivity index (χ0v) is 21.4. The average molecular weight is 528 g/mol. The Morgan fingerprint density at radius 1 is 1.08 bits per heavy atom. The van der Waals surface area contributed by atoms with Crippen molar-refractivity contribution in [2.45, 2.75) is 50.7 Å². The summed E-state index contributed by atoms with van der Waals surface area (Å²) in [5, 5.41) is 11.9. The van der Waals surface area contributed by atoms with Crippen LogP contribution in [0.25, 0.3) is 11.2 Å². The number of benzene rings is 1. The van der Waals surface area contributed by atoms with Crippen molar-refractivity contribution < 1.29 is 14.4 Å². The third kappa shape index (κ3) is 6.26. The summed E-state index contributed by atoms with van der Waals surface area (Å²) in [5.41, 5.74) is 7.31. The van der Waals surface area contributed by atoms with Crippen LogP contribution in [0.1, 0.15) is 31.7 Å². The van der Waals surface area contributed by atoms with Crippen molar-refractivity contribution in [3.8, 4) is 0 Å². The number of hydrogen-bond donors (Lipinski definition) is 5. The number of primary amides is 1. The van der Waals surface area contributed by atoms with E-state index >= 15 is 0 Å². The molecule has 1 aliphatic heterocycles. The molecule has 12 nitrogen and oxygen atoms in total. The van der Waals surface area contributed by atoms with Crippen molar-refractivity contribution >= 4 is 52.4 Å². The van der Waals surface area contributed by atoms with Crippen LogP contribution in [0.4, 0.5) is 11.9 Å². The monoisotopic (exact) mass is 527 g/mol. The minimum Gasteiger partial charge on any atom is -0.368 e. The number of aryl methyl sites for hydroxylation is 1. The summed E-state index contributed by atoms with van der Waals surface area (Å²) in [6, 6.07) is 6.74. The summed E-state index contributed by atoms with van der Waals surface area (Å²) in [5.74, 6) is -0.853. The fourth-order valence-electron chi connectivity index (χ4n) is 4.08. The number of nitrogens with one attached hydrogen (secondary N) is 4. The van der Waals surface area contributed by atoms with Crippen molar-refractivity contribution in [1.29, 1.82) is 0 Å². The van der Waals surface area contributed by atoms with E-state index in [0.717, 1.165) is 5.56 Å². The van der Waals surface area contributed by atoms with Crippen LogP contribution in [0, 0.1) is 0 Å². The summed E-state index contributed by atoms with van der Waals surface area (Å²) in [6.07, 6.45) is 1.85. The Kier molecular flexibility index (Phi) is 8.07. The molecule has 0 fully saturated rings. The molecule has 37 heavy (non-hydrogen) atoms. The second-order valence-electron chi connectivity index (χ2n) is 9.01. The highest BCUT2D eigenvalue weighted by atomic mass is 35.5. The van der Waals surface area contributed by atoms with Gasteiger partial charge in [0.05, 0.1) is 0 Å². The molecule has 0 spiro atoms. The highest BCUT2D eigenvalue weighted by molar-refractivity contribution is 6.33. The second-order valence-corrected chi connectivity index (χ2v) is 9.37. The van der Waals surface area contributed by atoms with Gasteiger partial charge in [0.1, 0.15) is 23.6 Å². The first-order valence-electron chi connectivity index (χ1n) is 12.1. The lowest BCUT2D eigenvalue weighted by molar-refractivity contribution is -0.131. The van der Waals surface area contributed by atoms with E-state index in [-0.39, 0.29) is 11.6 Å². The molecule has 3 bridgehead atoms. The average Bonchev–Trinajstić information content (AvgIpc) is 3.18. The fourth-order valence-corrected chi connectivity index (χ4v) is 4.29. The third-order valence-electron chi connectivity index (χ3n) is 6.19. The zero-order chi connectivity index (χ0) is 26.5. The molecule has 196 valence electrons. The quantitative estimate of drug-likeness (QED) is 0.315. The van der Waals surface area contributed by atoms with Crippen LogP contribution in [0.3, 0.4) is 0 Å². The molecule has 0 radical (unpaired) electrons. The maximum absolute atomic E-state index is 13.2. The van der Waals surface area contributed by atoms with Crippen molar-refractivity contribution in [2.75, 3.05) is 17.2 Å². The summed E-state index contributed by atoms with van der Waals surface area (Å²) in [6.45, 7) is 2.17. The number of aromatic nitrogens is 4. The molecule has 0 unspecified atom stereocenters. The van der Waals surface area contributed by atoms with Crippen molar-refractivity contribution in [3.63, 3.8) is 0 Å². The lowest BCUT2D eigenvalue weighted by Crippen LogP contribution is -2.55. The molecule has 3 amide bonds. The van der Waals surface area contributed by atoms with Gasteiger partial charge in [0.2, 0.25) is 29.6 Å². The van der Waals surface area contributed by atoms with Crippen LogP contribution in [-0.2, 0) is 27.9 Å². The van der Waals surface area contributed by atoms with Crippen molar-refractivity contribution in [3.05, 3.63) is 41.0 Å². The Labute approximate surface area is 218 Å². The smallest absolute Gasteiger partial charge is 0.243 e. The minimum absolute atomic E-state index is 0.178. The lowest BCUT2D eigenvalue weighted by Gasteiger charge is -2.24. The number of amides is 3. The van der Waals surface area contributed by atoms with Gasteiger partial charge in [-0.3, -0.25) is 19.0 Å². The maximum atomic E-state index is 13.2. The molecule has 0 aliphatic carbocycles. The van der Waals surface area contributed by atoms with E-state index in [1.807, 2.05) is 30.3 Å². The predicted octanol–water partition coefficient (Wildman–Crippen LogP) is 1.11. The van der Waals surface area contributed by atoms with Gasteiger partial charge in [-0.1, -0.05) is 41.9 Å². The number of nitrogens with zero attached hydrogens (tertiary/aromatic N) is 4. The Morgan fingerprint density at radius 3 is 2.57 bits per heavy atom. The lowest BCUT2D eigenvalue weighted by atomic mass is 10.0. The molecular weight excluding hydrogens is 498 g/mol. The minimum atomic E-state index is -0.926. The highest BCUT2D eigenvalue weighted by Crippen LogP contribution is 2.24. The van der Waals surface area contributed by atoms with E-state index in [1.54, 1.807) is 18.5 Å². The second kappa shape index (κ2) is 11.4. The van der Waals surface area contributed by atoms with Gasteiger partial charge in [0.15, 0.2) is 10.8 Å². The Balaban J connectivity index is 1.65. The largest absolute Gasteiger partial charge is 0.368 e. The van der Waals surface area contributed by atoms with Gasteiger partial charge in [0, 0.05) is 20.0 Å². The molecule has 6 N–H and O–H groups in total. The summed E-state index contributed by atoms with van der Waals surface area (Å²) in [7, 11) is 1.75. The Bertz CT molecular complexity index is 1300. The number of halogens is 1. The SMILES string of the molecule is C[C@H]1Nc2nc3c(Cl)nc(nc3n2C)NCCCC[C@H](C(N)=O)NC(=O)[C@@H](Cc2ccccc2)NC1=O. The number of carbonyl (C=O) groups excluding carboxylic acids is 3. The van der Waals surface area contributed by atoms with Crippen LogP contribution in [-0.4, -0.2) is 61.9 Å². The van der Waals surface area contributed by atoms with E-state index in [1.165, 1.54) is 0 Å². The standard InChI is InChI=1S/C24H30ClN9O3/c1-13-21(36)30-16(12-14-8-4-3-5-9-14)22(37)29-15(19(26)35)10-6-7-11-27-23-32-18(25)17-20(33-23)34(2)24(28-13)31-17/h3-5,8-9,13,15-16H,6-7,10-12H2,1-2H3,(H2,26,35)(H,28,31)(H,29,37)(H,30,36)(H,27,32,33)/t13-,15-,16-/m1/s1. The molecule has 1 aromatic carbocycles. The Morgan fingerprint density at radius 2 is 1.84 bits per heavy atom. The molecule has 3 atom stereocenters. The molecule has 3 aromatic rings. The summed E-state index contributed by atoms with van der Waals surface area (Å²) < 4.78 is 1.69. The summed E-state index contributed by atoms with van der Waals surface area (Å²) >= 11 is 6.36. The van der Waals surface area contributed by atoms with Gasteiger partial charge in [-0.25, -0.2) is 4.98 Å². The van der Waals surface area contributed by atoms with E-state index in [2.05, 4.69) is 36.2 Å². The first-order chi connectivity index (χ1) is 17.7. The number of rotatable bonds is 3. The van der Waals surface area contributed by atoms with Gasteiger partial charge in [-0.2, -0.15) is 9.97 Å². The first-order valence-corrected chi connectivity index (χ1v) is 12.4. The molecule has 13 heteroatoms. The van der Waals surface area contributed by atoms with Gasteiger partial charge in [-0.15, -0.1) is 0 Å². The predicted molar refractivity (Wildman–Crippen MR) is 140 cm³/mol. The van der Waals surface area contributed by atoms with Crippen LogP contribution in [0.5, 0.6) is 0 Å². The highest BCUT2D eigenvalue weighted by Gasteiger charge is 2.28. The Hall–Kier alpha value is -3.93. The molecule has 4 rings (SSSR count). The number of carbonyl (C=O) groups is 3. The van der Waals surface area contributed by atoms with Crippen LogP contribution < -0.4 is 27.0 Å². The molecule has 0 saturated carbocycles. The molecule has 2 aromatic heterocycles. The van der Waals surface area contributed by atoms with E-state index in [0.29, 0.717) is 48.9 Å². The van der Waals surface area contributed by atoms with Crippen molar-refractivity contribution in [1.82, 2.24) is 30.2 Å². The van der Waals surface area contributed by atoms with Gasteiger partial charge < -0.3 is 27.0 Å². The third-order valence-corrected chi connectivity index (χ3v) is 6.46. The number of hydrogen-bond acceptors (Lipinski definition) is 8. The molecule has 0 saturated heterocycles. The van der Waals surface area contributed by atoms with E-state index in [9.17, 15) is 14.4 Å². The van der Waals surface area contributed by atoms with E-state index < -0.39 is 35.8 Å². The fraction of sp³-hybridized carbons (Fsp3) is 0.417. The number of anilines is 2. The molecular formula is C24H30ClN9O3. The van der Waals surface area contributed by atoms with Gasteiger partial charge in [0.25, 0.3) is 0 Å². The summed E-state index contributed by atoms with van der Waals surface area (Å²) in [4.78, 5) is 51.7. The van der Waals surface area contributed by atoms with Crippen LogP contribution in [0.2, 0.25) is 5.15 Å². The number of fused-ring (bicyclic) bond motifs is 2. The number of imidazole rings is 1. The van der Waals surface area contributed by atoms with Crippen LogP contribution >= 0.6 is 11.6 Å². The first kappa shape index (κ1) is 26.1. The van der Waals surface area contributed by atoms with Gasteiger partial charge in [-0.05, 0) is 31.7 Å².